The molecule has 0 aliphatic heterocycles. The SMILES string of the molecule is CCNCCCCOC(CCO)NC. The van der Waals surface area contributed by atoms with Gasteiger partial charge in [-0.15, -0.1) is 0 Å². The second kappa shape index (κ2) is 10.9. The van der Waals surface area contributed by atoms with Crippen LogP contribution in [0.4, 0.5) is 0 Å². The minimum atomic E-state index is -0.000802. The van der Waals surface area contributed by atoms with Crippen LogP contribution in [0.25, 0.3) is 0 Å². The molecule has 4 heteroatoms. The summed E-state index contributed by atoms with van der Waals surface area (Å²) in [7, 11) is 1.85. The van der Waals surface area contributed by atoms with Gasteiger partial charge >= 0.3 is 0 Å². The van der Waals surface area contributed by atoms with Crippen molar-refractivity contribution in [3.8, 4) is 0 Å². The Morgan fingerprint density at radius 3 is 2.71 bits per heavy atom. The lowest BCUT2D eigenvalue weighted by Crippen LogP contribution is -2.29. The lowest BCUT2D eigenvalue weighted by molar-refractivity contribution is 0.0168. The maximum absolute atomic E-state index is 8.71. The van der Waals surface area contributed by atoms with Gasteiger partial charge in [-0.05, 0) is 33.0 Å². The summed E-state index contributed by atoms with van der Waals surface area (Å²) in [5.74, 6) is 0. The molecule has 1 unspecified atom stereocenters. The summed E-state index contributed by atoms with van der Waals surface area (Å²) in [6.07, 6.45) is 2.86. The summed E-state index contributed by atoms with van der Waals surface area (Å²) >= 11 is 0. The number of ether oxygens (including phenoxy) is 1. The van der Waals surface area contributed by atoms with E-state index in [1.165, 1.54) is 0 Å². The fourth-order valence-corrected chi connectivity index (χ4v) is 1.18. The molecule has 0 saturated carbocycles. The van der Waals surface area contributed by atoms with Crippen LogP contribution < -0.4 is 10.6 Å². The van der Waals surface area contributed by atoms with Crippen LogP contribution in [0.15, 0.2) is 0 Å². The Hall–Kier alpha value is -0.160. The van der Waals surface area contributed by atoms with E-state index in [1.54, 1.807) is 0 Å². The van der Waals surface area contributed by atoms with Gasteiger partial charge in [0.05, 0.1) is 0 Å². The molecule has 0 spiro atoms. The summed E-state index contributed by atoms with van der Waals surface area (Å²) in [5.41, 5.74) is 0. The van der Waals surface area contributed by atoms with Gasteiger partial charge in [-0.25, -0.2) is 0 Å². The second-order valence-electron chi connectivity index (χ2n) is 3.22. The van der Waals surface area contributed by atoms with Crippen LogP contribution in [0.5, 0.6) is 0 Å². The summed E-state index contributed by atoms with van der Waals surface area (Å²) in [6, 6.07) is 0. The molecule has 0 aromatic carbocycles. The van der Waals surface area contributed by atoms with Gasteiger partial charge in [0.1, 0.15) is 6.23 Å². The van der Waals surface area contributed by atoms with Crippen LogP contribution >= 0.6 is 0 Å². The van der Waals surface area contributed by atoms with Crippen LogP contribution in [0, 0.1) is 0 Å². The zero-order valence-corrected chi connectivity index (χ0v) is 9.38. The van der Waals surface area contributed by atoms with Gasteiger partial charge in [0.2, 0.25) is 0 Å². The van der Waals surface area contributed by atoms with E-state index >= 15 is 0 Å². The Kier molecular flexibility index (Phi) is 10.8. The molecular weight excluding hydrogens is 180 g/mol. The predicted octanol–water partition coefficient (Wildman–Crippen LogP) is 0.321. The monoisotopic (exact) mass is 204 g/mol. The smallest absolute Gasteiger partial charge is 0.110 e. The lowest BCUT2D eigenvalue weighted by Gasteiger charge is -2.15. The van der Waals surface area contributed by atoms with Crippen molar-refractivity contribution >= 4 is 0 Å². The van der Waals surface area contributed by atoms with Crippen LogP contribution in [-0.4, -0.2) is 44.7 Å². The number of rotatable bonds is 10. The molecule has 0 amide bonds. The Bertz CT molecular complexity index is 112. The third-order valence-corrected chi connectivity index (χ3v) is 2.03. The zero-order chi connectivity index (χ0) is 10.6. The van der Waals surface area contributed by atoms with Crippen molar-refractivity contribution in [3.63, 3.8) is 0 Å². The topological polar surface area (TPSA) is 53.5 Å². The molecule has 0 radical (unpaired) electrons. The molecule has 14 heavy (non-hydrogen) atoms. The van der Waals surface area contributed by atoms with Gasteiger partial charge in [-0.1, -0.05) is 6.92 Å². The van der Waals surface area contributed by atoms with Crippen LogP contribution in [0.1, 0.15) is 26.2 Å². The van der Waals surface area contributed by atoms with Crippen molar-refractivity contribution in [1.82, 2.24) is 10.6 Å². The molecule has 0 bridgehead atoms. The molecule has 0 aromatic rings. The van der Waals surface area contributed by atoms with Crippen LogP contribution in [-0.2, 0) is 4.74 Å². The number of hydrogen-bond acceptors (Lipinski definition) is 4. The van der Waals surface area contributed by atoms with Crippen molar-refractivity contribution in [2.24, 2.45) is 0 Å². The van der Waals surface area contributed by atoms with Gasteiger partial charge in [-0.3, -0.25) is 5.32 Å². The molecule has 0 heterocycles. The van der Waals surface area contributed by atoms with Crippen molar-refractivity contribution in [3.05, 3.63) is 0 Å². The van der Waals surface area contributed by atoms with E-state index in [2.05, 4.69) is 17.6 Å². The summed E-state index contributed by atoms with van der Waals surface area (Å²) in [4.78, 5) is 0. The number of aliphatic hydroxyl groups excluding tert-OH is 1. The highest BCUT2D eigenvalue weighted by molar-refractivity contribution is 4.51. The minimum absolute atomic E-state index is 0.000802. The van der Waals surface area contributed by atoms with E-state index in [-0.39, 0.29) is 12.8 Å². The first-order chi connectivity index (χ1) is 6.85. The average molecular weight is 204 g/mol. The molecule has 86 valence electrons. The molecular formula is C10H24N2O2. The molecule has 0 saturated heterocycles. The third-order valence-electron chi connectivity index (χ3n) is 2.03. The highest BCUT2D eigenvalue weighted by atomic mass is 16.5. The van der Waals surface area contributed by atoms with Crippen LogP contribution in [0.2, 0.25) is 0 Å². The number of aliphatic hydroxyl groups is 1. The quantitative estimate of drug-likeness (QED) is 0.354. The maximum Gasteiger partial charge on any atom is 0.110 e. The Balaban J connectivity index is 3.15. The van der Waals surface area contributed by atoms with Gasteiger partial charge < -0.3 is 15.2 Å². The predicted molar refractivity (Wildman–Crippen MR) is 58.3 cm³/mol. The first kappa shape index (κ1) is 13.8. The fourth-order valence-electron chi connectivity index (χ4n) is 1.18. The Morgan fingerprint density at radius 1 is 1.36 bits per heavy atom. The van der Waals surface area contributed by atoms with E-state index in [9.17, 15) is 0 Å². The van der Waals surface area contributed by atoms with Gasteiger partial charge in [0.15, 0.2) is 0 Å². The molecule has 0 aliphatic rings. The number of hydrogen-bond donors (Lipinski definition) is 3. The molecule has 1 atom stereocenters. The molecule has 3 N–H and O–H groups in total. The van der Waals surface area contributed by atoms with Crippen molar-refractivity contribution in [2.75, 3.05) is 33.4 Å². The minimum Gasteiger partial charge on any atom is -0.396 e. The van der Waals surface area contributed by atoms with Crippen molar-refractivity contribution in [2.45, 2.75) is 32.4 Å². The number of nitrogens with one attached hydrogen (secondary N) is 2. The van der Waals surface area contributed by atoms with Gasteiger partial charge in [-0.2, -0.15) is 0 Å². The largest absolute Gasteiger partial charge is 0.396 e. The molecule has 0 fully saturated rings. The summed E-state index contributed by atoms with van der Waals surface area (Å²) in [6.45, 7) is 5.13. The normalized spacial score (nSPS) is 13.1. The first-order valence-electron chi connectivity index (χ1n) is 5.45. The van der Waals surface area contributed by atoms with Gasteiger partial charge in [0.25, 0.3) is 0 Å². The highest BCUT2D eigenvalue weighted by Crippen LogP contribution is 1.96. The van der Waals surface area contributed by atoms with Gasteiger partial charge in [0, 0.05) is 19.6 Å². The van der Waals surface area contributed by atoms with Crippen molar-refractivity contribution in [1.29, 1.82) is 0 Å². The van der Waals surface area contributed by atoms with E-state index in [4.69, 9.17) is 9.84 Å². The first-order valence-corrected chi connectivity index (χ1v) is 5.45. The van der Waals surface area contributed by atoms with E-state index in [0.717, 1.165) is 32.5 Å². The van der Waals surface area contributed by atoms with E-state index in [1.807, 2.05) is 7.05 Å². The zero-order valence-electron chi connectivity index (χ0n) is 9.38. The standard InChI is InChI=1S/C10H24N2O2/c1-3-12-7-4-5-9-14-10(11-2)6-8-13/h10-13H,3-9H2,1-2H3. The van der Waals surface area contributed by atoms with E-state index in [0.29, 0.717) is 6.42 Å². The Labute approximate surface area is 87.0 Å². The highest BCUT2D eigenvalue weighted by Gasteiger charge is 2.03. The second-order valence-corrected chi connectivity index (χ2v) is 3.22. The summed E-state index contributed by atoms with van der Waals surface area (Å²) in [5, 5.41) is 15.0. The molecule has 0 aliphatic carbocycles. The average Bonchev–Trinajstić information content (AvgIpc) is 2.21. The Morgan fingerprint density at radius 2 is 2.14 bits per heavy atom. The lowest BCUT2D eigenvalue weighted by atomic mass is 10.3. The maximum atomic E-state index is 8.71. The fraction of sp³-hybridized carbons (Fsp3) is 1.00. The number of unbranched alkanes of at least 4 members (excludes halogenated alkanes) is 1. The van der Waals surface area contributed by atoms with Crippen LogP contribution in [0.3, 0.4) is 0 Å². The molecule has 0 rings (SSSR count). The summed E-state index contributed by atoms with van der Waals surface area (Å²) < 4.78 is 5.51. The molecule has 4 nitrogen and oxygen atoms in total. The van der Waals surface area contributed by atoms with Crippen molar-refractivity contribution < 1.29 is 9.84 Å². The molecule has 0 aromatic heterocycles. The van der Waals surface area contributed by atoms with E-state index < -0.39 is 0 Å². The third kappa shape index (κ3) is 8.44.